The molecule has 0 saturated carbocycles. The van der Waals surface area contributed by atoms with Crippen LogP contribution in [0.3, 0.4) is 0 Å². The van der Waals surface area contributed by atoms with Crippen LogP contribution in [0.4, 0.5) is 13.2 Å². The number of halogens is 3. The maximum absolute atomic E-state index is 12.5. The molecule has 0 aliphatic carbocycles. The van der Waals surface area contributed by atoms with Crippen LogP contribution in [-0.4, -0.2) is 58.3 Å². The number of nitrogens with one attached hydrogen (secondary N) is 1. The van der Waals surface area contributed by atoms with E-state index in [0.29, 0.717) is 25.2 Å². The van der Waals surface area contributed by atoms with Gasteiger partial charge < -0.3 is 5.32 Å². The molecule has 1 amide bonds. The van der Waals surface area contributed by atoms with E-state index in [1.165, 1.54) is 4.90 Å². The fourth-order valence-corrected chi connectivity index (χ4v) is 3.97. The van der Waals surface area contributed by atoms with Gasteiger partial charge in [0.25, 0.3) is 0 Å². The standard InChI is InChI=1S/C21H22F3N5O/c1-13-6-14(2-4-25-13)20-18-10-26-17(7-15(18)9-27-20)8-19(30)28-16-3-5-29(11-16)12-21(22,23)24/h2,4,6-7,10,16H,3,5,8-9,11-12H2,1H3,(H,28,30)/t16-/m0/s1. The Hall–Kier alpha value is -2.81. The second-order valence-electron chi connectivity index (χ2n) is 7.76. The quantitative estimate of drug-likeness (QED) is 0.811. The average Bonchev–Trinajstić information content (AvgIpc) is 3.26. The first-order chi connectivity index (χ1) is 14.3. The predicted octanol–water partition coefficient (Wildman–Crippen LogP) is 2.43. The highest BCUT2D eigenvalue weighted by atomic mass is 19.4. The van der Waals surface area contributed by atoms with Gasteiger partial charge in [0.1, 0.15) is 0 Å². The van der Waals surface area contributed by atoms with Crippen LogP contribution in [0.15, 0.2) is 35.6 Å². The number of pyridine rings is 2. The van der Waals surface area contributed by atoms with Gasteiger partial charge >= 0.3 is 6.18 Å². The minimum absolute atomic E-state index is 0.0900. The number of carbonyl (C=O) groups excluding carboxylic acids is 1. The van der Waals surface area contributed by atoms with Crippen molar-refractivity contribution < 1.29 is 18.0 Å². The van der Waals surface area contributed by atoms with Gasteiger partial charge in [-0.05, 0) is 37.1 Å². The molecular formula is C21H22F3N5O. The average molecular weight is 417 g/mol. The SMILES string of the molecule is Cc1cc(C2=NCc3cc(CC(=O)N[C@H]4CCN(CC(F)(F)F)C4)ncc32)ccn1. The molecule has 0 radical (unpaired) electrons. The van der Waals surface area contributed by atoms with Gasteiger partial charge in [0.05, 0.1) is 30.9 Å². The Kier molecular flexibility index (Phi) is 5.55. The molecule has 30 heavy (non-hydrogen) atoms. The number of aryl methyl sites for hydroxylation is 1. The summed E-state index contributed by atoms with van der Waals surface area (Å²) in [4.78, 5) is 26.9. The number of aromatic nitrogens is 2. The summed E-state index contributed by atoms with van der Waals surface area (Å²) in [6, 6.07) is 5.49. The van der Waals surface area contributed by atoms with Gasteiger partial charge in [-0.15, -0.1) is 0 Å². The van der Waals surface area contributed by atoms with E-state index in [9.17, 15) is 18.0 Å². The third-order valence-corrected chi connectivity index (χ3v) is 5.26. The zero-order valence-electron chi connectivity index (χ0n) is 16.5. The van der Waals surface area contributed by atoms with E-state index in [2.05, 4.69) is 20.3 Å². The Labute approximate surface area is 172 Å². The number of fused-ring (bicyclic) bond motifs is 1. The van der Waals surface area contributed by atoms with Crippen molar-refractivity contribution >= 4 is 11.6 Å². The first kappa shape index (κ1) is 20.5. The summed E-state index contributed by atoms with van der Waals surface area (Å²) < 4.78 is 37.5. The lowest BCUT2D eigenvalue weighted by molar-refractivity contribution is -0.143. The number of aliphatic imine (C=N–C) groups is 1. The third-order valence-electron chi connectivity index (χ3n) is 5.26. The number of carbonyl (C=O) groups is 1. The summed E-state index contributed by atoms with van der Waals surface area (Å²) in [7, 11) is 0. The molecule has 1 atom stereocenters. The number of rotatable bonds is 5. The molecule has 0 bridgehead atoms. The number of nitrogens with zero attached hydrogens (tertiary/aromatic N) is 4. The zero-order valence-corrected chi connectivity index (χ0v) is 16.5. The van der Waals surface area contributed by atoms with E-state index in [-0.39, 0.29) is 24.9 Å². The predicted molar refractivity (Wildman–Crippen MR) is 105 cm³/mol. The molecule has 2 aromatic rings. The van der Waals surface area contributed by atoms with Crippen LogP contribution in [0, 0.1) is 6.92 Å². The maximum Gasteiger partial charge on any atom is 0.401 e. The van der Waals surface area contributed by atoms with Gasteiger partial charge in [0.15, 0.2) is 0 Å². The highest BCUT2D eigenvalue weighted by molar-refractivity contribution is 6.15. The fraction of sp³-hybridized carbons (Fsp3) is 0.429. The molecule has 1 saturated heterocycles. The van der Waals surface area contributed by atoms with Gasteiger partial charge in [0, 0.05) is 48.3 Å². The summed E-state index contributed by atoms with van der Waals surface area (Å²) in [6.07, 6.45) is -0.131. The largest absolute Gasteiger partial charge is 0.401 e. The van der Waals surface area contributed by atoms with E-state index >= 15 is 0 Å². The van der Waals surface area contributed by atoms with E-state index < -0.39 is 12.7 Å². The van der Waals surface area contributed by atoms with E-state index in [4.69, 9.17) is 0 Å². The van der Waals surface area contributed by atoms with Crippen molar-refractivity contribution in [3.05, 3.63) is 58.7 Å². The zero-order chi connectivity index (χ0) is 21.3. The number of amides is 1. The van der Waals surface area contributed by atoms with Gasteiger partial charge in [-0.3, -0.25) is 24.7 Å². The van der Waals surface area contributed by atoms with Crippen LogP contribution in [-0.2, 0) is 17.8 Å². The van der Waals surface area contributed by atoms with Crippen LogP contribution in [0.2, 0.25) is 0 Å². The highest BCUT2D eigenvalue weighted by Crippen LogP contribution is 2.24. The van der Waals surface area contributed by atoms with Crippen molar-refractivity contribution in [2.75, 3.05) is 19.6 Å². The molecule has 9 heteroatoms. The maximum atomic E-state index is 12.5. The molecule has 0 unspecified atom stereocenters. The minimum Gasteiger partial charge on any atom is -0.352 e. The van der Waals surface area contributed by atoms with Crippen LogP contribution >= 0.6 is 0 Å². The second kappa shape index (κ2) is 8.14. The number of alkyl halides is 3. The minimum atomic E-state index is -4.22. The normalized spacial score (nSPS) is 18.9. The molecule has 158 valence electrons. The molecule has 2 aliphatic heterocycles. The fourth-order valence-electron chi connectivity index (χ4n) is 3.97. The summed E-state index contributed by atoms with van der Waals surface area (Å²) in [5.41, 5.74) is 5.34. The van der Waals surface area contributed by atoms with Crippen molar-refractivity contribution in [3.8, 4) is 0 Å². The number of hydrogen-bond acceptors (Lipinski definition) is 5. The summed E-state index contributed by atoms with van der Waals surface area (Å²) in [6.45, 7) is 2.05. The Morgan fingerprint density at radius 2 is 2.13 bits per heavy atom. The van der Waals surface area contributed by atoms with Crippen LogP contribution in [0.25, 0.3) is 0 Å². The van der Waals surface area contributed by atoms with Gasteiger partial charge in [0.2, 0.25) is 5.91 Å². The van der Waals surface area contributed by atoms with Gasteiger partial charge in [-0.25, -0.2) is 0 Å². The van der Waals surface area contributed by atoms with E-state index in [0.717, 1.165) is 28.1 Å². The second-order valence-corrected chi connectivity index (χ2v) is 7.76. The first-order valence-corrected chi connectivity index (χ1v) is 9.81. The van der Waals surface area contributed by atoms with Crippen molar-refractivity contribution in [2.45, 2.75) is 38.5 Å². The molecule has 1 fully saturated rings. The lowest BCUT2D eigenvalue weighted by atomic mass is 10.0. The molecule has 0 aromatic carbocycles. The number of hydrogen-bond donors (Lipinski definition) is 1. The molecule has 1 N–H and O–H groups in total. The van der Waals surface area contributed by atoms with Crippen LogP contribution < -0.4 is 5.32 Å². The lowest BCUT2D eigenvalue weighted by Gasteiger charge is -2.18. The Bertz CT molecular complexity index is 989. The number of likely N-dealkylation sites (tertiary alicyclic amines) is 1. The molecule has 4 heterocycles. The van der Waals surface area contributed by atoms with Gasteiger partial charge in [-0.1, -0.05) is 0 Å². The highest BCUT2D eigenvalue weighted by Gasteiger charge is 2.34. The molecule has 6 nitrogen and oxygen atoms in total. The Morgan fingerprint density at radius 1 is 1.30 bits per heavy atom. The van der Waals surface area contributed by atoms with E-state index in [1.54, 1.807) is 12.4 Å². The Balaban J connectivity index is 1.35. The van der Waals surface area contributed by atoms with Crippen molar-refractivity contribution in [2.24, 2.45) is 4.99 Å². The summed E-state index contributed by atoms with van der Waals surface area (Å²) >= 11 is 0. The van der Waals surface area contributed by atoms with Crippen LogP contribution in [0.1, 0.15) is 34.5 Å². The van der Waals surface area contributed by atoms with Crippen LogP contribution in [0.5, 0.6) is 0 Å². The third kappa shape index (κ3) is 4.84. The molecule has 2 aromatic heterocycles. The molecular weight excluding hydrogens is 395 g/mol. The van der Waals surface area contributed by atoms with E-state index in [1.807, 2.05) is 25.1 Å². The van der Waals surface area contributed by atoms with Gasteiger partial charge in [-0.2, -0.15) is 13.2 Å². The smallest absolute Gasteiger partial charge is 0.352 e. The van der Waals surface area contributed by atoms with Crippen molar-refractivity contribution in [1.29, 1.82) is 0 Å². The molecule has 0 spiro atoms. The first-order valence-electron chi connectivity index (χ1n) is 9.81. The lowest BCUT2D eigenvalue weighted by Crippen LogP contribution is -2.39. The Morgan fingerprint density at radius 3 is 2.90 bits per heavy atom. The molecule has 4 rings (SSSR count). The monoisotopic (exact) mass is 417 g/mol. The van der Waals surface area contributed by atoms with Crippen molar-refractivity contribution in [1.82, 2.24) is 20.2 Å². The molecule has 2 aliphatic rings. The summed E-state index contributed by atoms with van der Waals surface area (Å²) in [5.74, 6) is -0.231. The topological polar surface area (TPSA) is 70.5 Å². The summed E-state index contributed by atoms with van der Waals surface area (Å²) in [5, 5.41) is 2.83. The van der Waals surface area contributed by atoms with Crippen molar-refractivity contribution in [3.63, 3.8) is 0 Å².